The van der Waals surface area contributed by atoms with E-state index in [9.17, 15) is 0 Å². The molecule has 2 atom stereocenters. The van der Waals surface area contributed by atoms with E-state index in [1.807, 2.05) is 36.2 Å². The number of pyridine rings is 1. The fraction of sp³-hybridized carbons (Fsp3) is 0.476. The van der Waals surface area contributed by atoms with Gasteiger partial charge in [-0.15, -0.1) is 11.8 Å². The third-order valence-corrected chi connectivity index (χ3v) is 7.61. The normalized spacial score (nSPS) is 23.9. The van der Waals surface area contributed by atoms with Gasteiger partial charge in [-0.1, -0.05) is 30.3 Å². The van der Waals surface area contributed by atoms with Gasteiger partial charge in [-0.25, -0.2) is 13.6 Å². The van der Waals surface area contributed by atoms with E-state index >= 15 is 0 Å². The Morgan fingerprint density at radius 3 is 2.75 bits per heavy atom. The SMILES string of the molecule is NCc1ccnc(SCC2CC(c3ccccc3)CN2SN2CCOCC2)c1. The van der Waals surface area contributed by atoms with Crippen molar-refractivity contribution in [1.29, 1.82) is 0 Å². The number of benzene rings is 1. The molecule has 1 aromatic heterocycles. The second-order valence-corrected chi connectivity index (χ2v) is 9.43. The van der Waals surface area contributed by atoms with Crippen molar-refractivity contribution >= 4 is 23.9 Å². The van der Waals surface area contributed by atoms with Crippen LogP contribution in [-0.4, -0.2) is 58.2 Å². The Kier molecular flexibility index (Phi) is 7.28. The molecule has 2 saturated heterocycles. The molecule has 2 fully saturated rings. The van der Waals surface area contributed by atoms with Gasteiger partial charge in [0, 0.05) is 56.3 Å². The second-order valence-electron chi connectivity index (χ2n) is 7.24. The highest BCUT2D eigenvalue weighted by Crippen LogP contribution is 2.39. The Morgan fingerprint density at radius 1 is 1.14 bits per heavy atom. The maximum absolute atomic E-state index is 5.78. The van der Waals surface area contributed by atoms with Crippen LogP contribution < -0.4 is 5.73 Å². The molecule has 4 rings (SSSR count). The number of morpholine rings is 1. The third kappa shape index (κ3) is 5.28. The van der Waals surface area contributed by atoms with Gasteiger partial charge < -0.3 is 10.5 Å². The van der Waals surface area contributed by atoms with Crippen molar-refractivity contribution < 1.29 is 4.74 Å². The lowest BCUT2D eigenvalue weighted by Crippen LogP contribution is -2.37. The first-order valence-electron chi connectivity index (χ1n) is 9.92. The van der Waals surface area contributed by atoms with E-state index in [2.05, 4.69) is 50.0 Å². The predicted octanol–water partition coefficient (Wildman–Crippen LogP) is 3.39. The topological polar surface area (TPSA) is 54.6 Å². The second kappa shape index (κ2) is 10.1. The van der Waals surface area contributed by atoms with Crippen molar-refractivity contribution in [2.75, 3.05) is 38.6 Å². The van der Waals surface area contributed by atoms with Gasteiger partial charge >= 0.3 is 0 Å². The molecule has 5 nitrogen and oxygen atoms in total. The van der Waals surface area contributed by atoms with Crippen LogP contribution in [0.25, 0.3) is 0 Å². The summed E-state index contributed by atoms with van der Waals surface area (Å²) in [7, 11) is 0. The van der Waals surface area contributed by atoms with Crippen molar-refractivity contribution in [3.8, 4) is 0 Å². The van der Waals surface area contributed by atoms with Crippen LogP contribution in [0.1, 0.15) is 23.5 Å². The summed E-state index contributed by atoms with van der Waals surface area (Å²) >= 11 is 3.76. The Balaban J connectivity index is 1.43. The van der Waals surface area contributed by atoms with Crippen LogP contribution in [0.15, 0.2) is 53.7 Å². The number of aromatic nitrogens is 1. The van der Waals surface area contributed by atoms with Crippen molar-refractivity contribution in [3.05, 3.63) is 59.8 Å². The summed E-state index contributed by atoms with van der Waals surface area (Å²) in [5.41, 5.74) is 8.38. The van der Waals surface area contributed by atoms with Gasteiger partial charge in [-0.2, -0.15) is 0 Å². The van der Waals surface area contributed by atoms with E-state index in [0.717, 1.165) is 49.2 Å². The van der Waals surface area contributed by atoms with E-state index < -0.39 is 0 Å². The van der Waals surface area contributed by atoms with Crippen molar-refractivity contribution in [1.82, 2.24) is 13.6 Å². The highest BCUT2D eigenvalue weighted by atomic mass is 32.2. The lowest BCUT2D eigenvalue weighted by molar-refractivity contribution is 0.0757. The summed E-state index contributed by atoms with van der Waals surface area (Å²) < 4.78 is 10.5. The average molecular weight is 417 g/mol. The van der Waals surface area contributed by atoms with Crippen LogP contribution in [0, 0.1) is 0 Å². The van der Waals surface area contributed by atoms with Gasteiger partial charge in [0.2, 0.25) is 0 Å². The zero-order valence-electron chi connectivity index (χ0n) is 16.1. The molecule has 3 heterocycles. The minimum atomic E-state index is 0.520. The monoisotopic (exact) mass is 416 g/mol. The summed E-state index contributed by atoms with van der Waals surface area (Å²) in [4.78, 5) is 4.52. The van der Waals surface area contributed by atoms with Crippen LogP contribution in [0.4, 0.5) is 0 Å². The molecule has 1 aromatic carbocycles. The molecule has 7 heteroatoms. The smallest absolute Gasteiger partial charge is 0.0963 e. The molecule has 2 aromatic rings. The van der Waals surface area contributed by atoms with E-state index in [0.29, 0.717) is 18.5 Å². The number of thioether (sulfide) groups is 1. The molecule has 2 aliphatic heterocycles. The van der Waals surface area contributed by atoms with E-state index in [1.165, 1.54) is 12.0 Å². The van der Waals surface area contributed by atoms with E-state index in [1.54, 1.807) is 0 Å². The summed E-state index contributed by atoms with van der Waals surface area (Å²) in [6.45, 7) is 5.31. The van der Waals surface area contributed by atoms with Gasteiger partial charge in [-0.3, -0.25) is 0 Å². The minimum Gasteiger partial charge on any atom is -0.379 e. The summed E-state index contributed by atoms with van der Waals surface area (Å²) in [6, 6.07) is 15.6. The standard InChI is InChI=1S/C21H28N4OS2/c22-14-17-6-7-23-21(12-17)27-16-20-13-19(18-4-2-1-3-5-18)15-25(20)28-24-8-10-26-11-9-24/h1-7,12,19-20H,8-11,13-16,22H2. The number of nitrogens with two attached hydrogens (primary N) is 1. The molecular formula is C21H28N4OS2. The Labute approximate surface area is 176 Å². The molecule has 2 unspecified atom stereocenters. The summed E-state index contributed by atoms with van der Waals surface area (Å²) in [6.07, 6.45) is 3.05. The maximum Gasteiger partial charge on any atom is 0.0963 e. The highest BCUT2D eigenvalue weighted by Gasteiger charge is 2.35. The first-order valence-corrected chi connectivity index (χ1v) is 11.6. The zero-order valence-corrected chi connectivity index (χ0v) is 17.7. The van der Waals surface area contributed by atoms with Crippen molar-refractivity contribution in [2.45, 2.75) is 30.0 Å². The van der Waals surface area contributed by atoms with Crippen molar-refractivity contribution in [3.63, 3.8) is 0 Å². The quantitative estimate of drug-likeness (QED) is 0.548. The first-order chi connectivity index (χ1) is 13.8. The molecule has 0 saturated carbocycles. The van der Waals surface area contributed by atoms with Gasteiger partial charge in [0.25, 0.3) is 0 Å². The Hall–Kier alpha value is -1.09. The van der Waals surface area contributed by atoms with E-state index in [-0.39, 0.29) is 0 Å². The molecule has 2 N–H and O–H groups in total. The number of ether oxygens (including phenoxy) is 1. The molecular weight excluding hydrogens is 388 g/mol. The van der Waals surface area contributed by atoms with Crippen LogP contribution >= 0.6 is 23.9 Å². The molecule has 0 radical (unpaired) electrons. The lowest BCUT2D eigenvalue weighted by Gasteiger charge is -2.31. The van der Waals surface area contributed by atoms with Gasteiger partial charge in [-0.05, 0) is 35.6 Å². The fourth-order valence-electron chi connectivity index (χ4n) is 3.72. The average Bonchev–Trinajstić information content (AvgIpc) is 3.16. The summed E-state index contributed by atoms with van der Waals surface area (Å²) in [5.74, 6) is 1.63. The van der Waals surface area contributed by atoms with Gasteiger partial charge in [0.1, 0.15) is 0 Å². The molecule has 150 valence electrons. The van der Waals surface area contributed by atoms with Crippen LogP contribution in [0.2, 0.25) is 0 Å². The van der Waals surface area contributed by atoms with E-state index in [4.69, 9.17) is 10.5 Å². The maximum atomic E-state index is 5.78. The van der Waals surface area contributed by atoms with Crippen LogP contribution in [0.3, 0.4) is 0 Å². The molecule has 2 aliphatic rings. The largest absolute Gasteiger partial charge is 0.379 e. The summed E-state index contributed by atoms with van der Waals surface area (Å²) in [5, 5.41) is 1.07. The third-order valence-electron chi connectivity index (χ3n) is 5.28. The molecule has 28 heavy (non-hydrogen) atoms. The number of rotatable bonds is 7. The number of nitrogens with zero attached hydrogens (tertiary/aromatic N) is 3. The zero-order chi connectivity index (χ0) is 19.2. The predicted molar refractivity (Wildman–Crippen MR) is 117 cm³/mol. The lowest BCUT2D eigenvalue weighted by atomic mass is 9.97. The van der Waals surface area contributed by atoms with Gasteiger partial charge in [0.05, 0.1) is 18.2 Å². The number of hydrogen-bond acceptors (Lipinski definition) is 7. The van der Waals surface area contributed by atoms with Crippen molar-refractivity contribution in [2.24, 2.45) is 5.73 Å². The number of hydrogen-bond donors (Lipinski definition) is 1. The molecule has 0 spiro atoms. The van der Waals surface area contributed by atoms with Crippen LogP contribution in [0.5, 0.6) is 0 Å². The fourth-order valence-corrected chi connectivity index (χ4v) is 6.01. The Bertz CT molecular complexity index is 742. The van der Waals surface area contributed by atoms with Gasteiger partial charge in [0.15, 0.2) is 0 Å². The highest BCUT2D eigenvalue weighted by molar-refractivity contribution is 7.99. The minimum absolute atomic E-state index is 0.520. The first kappa shape index (κ1) is 20.2. The molecule has 0 aliphatic carbocycles. The molecule has 0 bridgehead atoms. The van der Waals surface area contributed by atoms with Crippen LogP contribution in [-0.2, 0) is 11.3 Å². The molecule has 0 amide bonds. The Morgan fingerprint density at radius 2 is 1.96 bits per heavy atom.